The summed E-state index contributed by atoms with van der Waals surface area (Å²) in [7, 11) is -2.14. The number of fused-ring (bicyclic) bond motifs is 1. The summed E-state index contributed by atoms with van der Waals surface area (Å²) in [5.41, 5.74) is 2.03. The second-order valence-corrected chi connectivity index (χ2v) is 11.9. The molecule has 3 aromatic rings. The van der Waals surface area contributed by atoms with Gasteiger partial charge in [0.15, 0.2) is 0 Å². The Morgan fingerprint density at radius 1 is 1.05 bits per heavy atom. The molecule has 0 aromatic heterocycles. The molecule has 2 heterocycles. The number of piperidine rings is 1. The fourth-order valence-electron chi connectivity index (χ4n) is 5.09. The van der Waals surface area contributed by atoms with Crippen LogP contribution in [0.25, 0.3) is 5.57 Å². The van der Waals surface area contributed by atoms with Crippen molar-refractivity contribution in [3.05, 3.63) is 94.2 Å². The summed E-state index contributed by atoms with van der Waals surface area (Å²) in [4.78, 5) is 12.5. The van der Waals surface area contributed by atoms with Gasteiger partial charge in [-0.2, -0.15) is 0 Å². The molecule has 0 saturated carbocycles. The van der Waals surface area contributed by atoms with E-state index in [1.807, 2.05) is 36.4 Å². The maximum absolute atomic E-state index is 12.7. The van der Waals surface area contributed by atoms with Crippen molar-refractivity contribution in [2.75, 3.05) is 33.4 Å². The Morgan fingerprint density at radius 2 is 1.74 bits per heavy atom. The van der Waals surface area contributed by atoms with Crippen molar-refractivity contribution < 1.29 is 32.7 Å². The van der Waals surface area contributed by atoms with Crippen LogP contribution in [0, 0.1) is 10.1 Å². The molecule has 222 valence electrons. The van der Waals surface area contributed by atoms with Gasteiger partial charge in [0.25, 0.3) is 5.69 Å². The number of hydrogen-bond acceptors (Lipinski definition) is 9. The lowest BCUT2D eigenvalue weighted by Crippen LogP contribution is -2.44. The first-order chi connectivity index (χ1) is 20.2. The molecule has 1 atom stereocenters. The zero-order valence-electron chi connectivity index (χ0n) is 23.1. The van der Waals surface area contributed by atoms with Crippen LogP contribution in [0.15, 0.2) is 77.9 Å². The molecule has 0 spiro atoms. The second-order valence-electron chi connectivity index (χ2n) is 10.2. The number of non-ortho nitro benzene ring substituents is 1. The standard InChI is InChI=1S/C30H33N3O8S/c1-39-24-7-3-21(4-8-24)28-20-41-29-19-25(9-12-27(29)30(28)34)40-18-2-15-32-16-13-22(14-17-32)31-42(37,38)26-10-5-23(6-11-26)33(35)36/h3-12,19-20,22,30-31,34H,2,13-18H2,1H3. The Balaban J connectivity index is 1.05. The SMILES string of the molecule is COc1ccc(C2=COc3cc(OCCCN4CCC(NS(=O)(=O)c5ccc([N+](=O)[O-])cc5)CC4)ccc3C2O)cc1. The molecule has 5 rings (SSSR count). The van der Waals surface area contributed by atoms with Crippen molar-refractivity contribution in [2.24, 2.45) is 0 Å². The topological polar surface area (TPSA) is 140 Å². The first kappa shape index (κ1) is 29.5. The number of aliphatic hydroxyl groups is 1. The molecule has 1 unspecified atom stereocenters. The van der Waals surface area contributed by atoms with Gasteiger partial charge in [-0.3, -0.25) is 10.1 Å². The third-order valence-electron chi connectivity index (χ3n) is 7.47. The molecule has 2 aliphatic heterocycles. The van der Waals surface area contributed by atoms with Gasteiger partial charge in [0.2, 0.25) is 10.0 Å². The number of likely N-dealkylation sites (tertiary alicyclic amines) is 1. The van der Waals surface area contributed by atoms with E-state index in [2.05, 4.69) is 9.62 Å². The molecule has 0 radical (unpaired) electrons. The van der Waals surface area contributed by atoms with Crippen LogP contribution in [-0.4, -0.2) is 62.7 Å². The number of nitrogens with one attached hydrogen (secondary N) is 1. The summed E-state index contributed by atoms with van der Waals surface area (Å²) in [5, 5.41) is 21.7. The summed E-state index contributed by atoms with van der Waals surface area (Å²) in [6.45, 7) is 2.82. The maximum atomic E-state index is 12.7. The van der Waals surface area contributed by atoms with Crippen LogP contribution < -0.4 is 18.9 Å². The van der Waals surface area contributed by atoms with Gasteiger partial charge in [-0.25, -0.2) is 13.1 Å². The molecular weight excluding hydrogens is 562 g/mol. The van der Waals surface area contributed by atoms with E-state index in [1.54, 1.807) is 19.4 Å². The van der Waals surface area contributed by atoms with E-state index in [4.69, 9.17) is 14.2 Å². The lowest BCUT2D eigenvalue weighted by atomic mass is 9.94. The van der Waals surface area contributed by atoms with Gasteiger partial charge in [-0.05, 0) is 74.3 Å². The molecule has 42 heavy (non-hydrogen) atoms. The predicted octanol–water partition coefficient (Wildman–Crippen LogP) is 4.28. The Morgan fingerprint density at radius 3 is 2.40 bits per heavy atom. The number of nitro groups is 1. The van der Waals surface area contributed by atoms with E-state index in [-0.39, 0.29) is 16.6 Å². The number of sulfonamides is 1. The smallest absolute Gasteiger partial charge is 0.269 e. The number of rotatable bonds is 11. The van der Waals surface area contributed by atoms with E-state index >= 15 is 0 Å². The van der Waals surface area contributed by atoms with Crippen LogP contribution in [0.3, 0.4) is 0 Å². The minimum atomic E-state index is -3.75. The summed E-state index contributed by atoms with van der Waals surface area (Å²) < 4.78 is 45.1. The van der Waals surface area contributed by atoms with Gasteiger partial charge in [-0.1, -0.05) is 12.1 Å². The van der Waals surface area contributed by atoms with Crippen molar-refractivity contribution in [1.29, 1.82) is 0 Å². The van der Waals surface area contributed by atoms with E-state index < -0.39 is 21.1 Å². The van der Waals surface area contributed by atoms with Crippen LogP contribution >= 0.6 is 0 Å². The Hall–Kier alpha value is -3.97. The molecule has 0 amide bonds. The highest BCUT2D eigenvalue weighted by Gasteiger charge is 2.26. The maximum Gasteiger partial charge on any atom is 0.269 e. The van der Waals surface area contributed by atoms with Crippen molar-refractivity contribution in [1.82, 2.24) is 9.62 Å². The van der Waals surface area contributed by atoms with Gasteiger partial charge in [0, 0.05) is 41.9 Å². The lowest BCUT2D eigenvalue weighted by molar-refractivity contribution is -0.384. The summed E-state index contributed by atoms with van der Waals surface area (Å²) in [6, 6.07) is 17.5. The van der Waals surface area contributed by atoms with E-state index in [0.717, 1.165) is 37.4 Å². The monoisotopic (exact) mass is 595 g/mol. The molecule has 2 N–H and O–H groups in total. The highest BCUT2D eigenvalue weighted by Crippen LogP contribution is 2.41. The molecule has 2 aliphatic rings. The average Bonchev–Trinajstić information content (AvgIpc) is 3.00. The number of ether oxygens (including phenoxy) is 3. The van der Waals surface area contributed by atoms with E-state index in [9.17, 15) is 23.6 Å². The third-order valence-corrected chi connectivity index (χ3v) is 9.00. The van der Waals surface area contributed by atoms with Crippen LogP contribution in [0.4, 0.5) is 5.69 Å². The van der Waals surface area contributed by atoms with E-state index in [0.29, 0.717) is 42.1 Å². The molecule has 1 saturated heterocycles. The number of hydrogen-bond donors (Lipinski definition) is 2. The van der Waals surface area contributed by atoms with Crippen molar-refractivity contribution >= 4 is 21.3 Å². The Kier molecular flexibility index (Phi) is 9.07. The number of nitro benzene ring substituents is 1. The molecule has 12 heteroatoms. The fraction of sp³-hybridized carbons (Fsp3) is 0.333. The quantitative estimate of drug-likeness (QED) is 0.189. The normalized spacial score (nSPS) is 17.6. The lowest BCUT2D eigenvalue weighted by Gasteiger charge is -2.32. The largest absolute Gasteiger partial charge is 0.497 e. The van der Waals surface area contributed by atoms with Crippen LogP contribution in [0.5, 0.6) is 17.2 Å². The van der Waals surface area contributed by atoms with Gasteiger partial charge < -0.3 is 24.2 Å². The first-order valence-corrected chi connectivity index (χ1v) is 15.2. The molecular formula is C30H33N3O8S. The Bertz CT molecular complexity index is 1530. The highest BCUT2D eigenvalue weighted by molar-refractivity contribution is 7.89. The van der Waals surface area contributed by atoms with Crippen molar-refractivity contribution in [3.8, 4) is 17.2 Å². The molecule has 0 bridgehead atoms. The van der Waals surface area contributed by atoms with Gasteiger partial charge in [-0.15, -0.1) is 0 Å². The highest BCUT2D eigenvalue weighted by atomic mass is 32.2. The molecule has 3 aromatic carbocycles. The predicted molar refractivity (Wildman–Crippen MR) is 156 cm³/mol. The number of benzene rings is 3. The van der Waals surface area contributed by atoms with Crippen LogP contribution in [-0.2, 0) is 10.0 Å². The Labute approximate surface area is 244 Å². The van der Waals surface area contributed by atoms with Crippen molar-refractivity contribution in [3.63, 3.8) is 0 Å². The minimum absolute atomic E-state index is 0.0171. The molecule has 1 fully saturated rings. The zero-order valence-corrected chi connectivity index (χ0v) is 24.0. The number of nitrogens with zero attached hydrogens (tertiary/aromatic N) is 2. The summed E-state index contributed by atoms with van der Waals surface area (Å²) >= 11 is 0. The molecule has 0 aliphatic carbocycles. The fourth-order valence-corrected chi connectivity index (χ4v) is 6.39. The van der Waals surface area contributed by atoms with Crippen LogP contribution in [0.1, 0.15) is 36.5 Å². The molecule has 11 nitrogen and oxygen atoms in total. The van der Waals surface area contributed by atoms with Crippen LogP contribution in [0.2, 0.25) is 0 Å². The van der Waals surface area contributed by atoms with Gasteiger partial charge in [0.1, 0.15) is 23.4 Å². The van der Waals surface area contributed by atoms with Gasteiger partial charge >= 0.3 is 0 Å². The number of methoxy groups -OCH3 is 1. The summed E-state index contributed by atoms with van der Waals surface area (Å²) in [6.07, 6.45) is 2.88. The van der Waals surface area contributed by atoms with E-state index in [1.165, 1.54) is 24.3 Å². The first-order valence-electron chi connectivity index (χ1n) is 13.7. The average molecular weight is 596 g/mol. The third kappa shape index (κ3) is 6.90. The second kappa shape index (κ2) is 12.9. The number of aliphatic hydroxyl groups excluding tert-OH is 1. The minimum Gasteiger partial charge on any atom is -0.497 e. The summed E-state index contributed by atoms with van der Waals surface area (Å²) in [5.74, 6) is 1.94. The van der Waals surface area contributed by atoms with Gasteiger partial charge in [0.05, 0.1) is 29.8 Å². The van der Waals surface area contributed by atoms with Crippen molar-refractivity contribution in [2.45, 2.75) is 36.3 Å². The zero-order chi connectivity index (χ0) is 29.7.